The molecule has 1 aliphatic rings. The van der Waals surface area contributed by atoms with Gasteiger partial charge in [0.25, 0.3) is 6.43 Å². The molecule has 0 amide bonds. The van der Waals surface area contributed by atoms with E-state index in [4.69, 9.17) is 0 Å². The van der Waals surface area contributed by atoms with Crippen molar-refractivity contribution in [1.82, 2.24) is 10.3 Å². The number of pyridine rings is 1. The molecule has 3 rings (SSSR count). The Hall–Kier alpha value is -1.75. The summed E-state index contributed by atoms with van der Waals surface area (Å²) in [5.74, 6) is 0.599. The Bertz CT molecular complexity index is 626. The van der Waals surface area contributed by atoms with Crippen LogP contribution >= 0.6 is 0 Å². The highest BCUT2D eigenvalue weighted by Crippen LogP contribution is 2.25. The van der Waals surface area contributed by atoms with Crippen molar-refractivity contribution in [3.05, 3.63) is 35.9 Å². The summed E-state index contributed by atoms with van der Waals surface area (Å²) in [6.07, 6.45) is 0.0822. The normalized spacial score (nSPS) is 14.9. The second-order valence-corrected chi connectivity index (χ2v) is 5.58. The van der Waals surface area contributed by atoms with Gasteiger partial charge in [0.2, 0.25) is 0 Å². The highest BCUT2D eigenvalue weighted by Gasteiger charge is 2.21. The minimum atomic E-state index is -2.36. The summed E-state index contributed by atoms with van der Waals surface area (Å²) in [5.41, 5.74) is 1.97. The number of benzene rings is 1. The number of anilines is 1. The molecule has 1 N–H and O–H groups in total. The molecule has 5 heteroatoms. The average molecular weight is 291 g/mol. The van der Waals surface area contributed by atoms with Crippen molar-refractivity contribution in [2.24, 2.45) is 0 Å². The SMILES string of the molecule is CN(CC(F)F)c1cc(CNC2CC2)c2ccccc2n1. The van der Waals surface area contributed by atoms with E-state index in [9.17, 15) is 8.78 Å². The lowest BCUT2D eigenvalue weighted by Gasteiger charge is -2.19. The van der Waals surface area contributed by atoms with Crippen LogP contribution in [0.5, 0.6) is 0 Å². The number of nitrogens with one attached hydrogen (secondary N) is 1. The van der Waals surface area contributed by atoms with E-state index in [0.717, 1.165) is 23.0 Å². The number of hydrogen-bond donors (Lipinski definition) is 1. The summed E-state index contributed by atoms with van der Waals surface area (Å²) in [6.45, 7) is 0.448. The van der Waals surface area contributed by atoms with E-state index in [1.54, 1.807) is 7.05 Å². The van der Waals surface area contributed by atoms with E-state index < -0.39 is 6.43 Å². The highest BCUT2D eigenvalue weighted by molar-refractivity contribution is 5.84. The van der Waals surface area contributed by atoms with Gasteiger partial charge in [-0.25, -0.2) is 13.8 Å². The van der Waals surface area contributed by atoms with Crippen LogP contribution in [0.15, 0.2) is 30.3 Å². The Kier molecular flexibility index (Phi) is 4.01. The van der Waals surface area contributed by atoms with Crippen LogP contribution in [0.4, 0.5) is 14.6 Å². The molecular weight excluding hydrogens is 272 g/mol. The number of fused-ring (bicyclic) bond motifs is 1. The van der Waals surface area contributed by atoms with Crippen LogP contribution in [-0.2, 0) is 6.54 Å². The standard InChI is InChI=1S/C16H19F2N3/c1-21(10-15(17)18)16-8-11(9-19-12-6-7-12)13-4-2-3-5-14(13)20-16/h2-5,8,12,15,19H,6-7,9-10H2,1H3. The maximum absolute atomic E-state index is 12.6. The van der Waals surface area contributed by atoms with Crippen LogP contribution in [0.2, 0.25) is 0 Å². The van der Waals surface area contributed by atoms with Crippen molar-refractivity contribution in [3.8, 4) is 0 Å². The van der Waals surface area contributed by atoms with Gasteiger partial charge in [-0.05, 0) is 30.5 Å². The van der Waals surface area contributed by atoms with E-state index >= 15 is 0 Å². The minimum absolute atomic E-state index is 0.305. The van der Waals surface area contributed by atoms with Gasteiger partial charge in [0, 0.05) is 25.0 Å². The van der Waals surface area contributed by atoms with E-state index in [0.29, 0.717) is 11.9 Å². The summed E-state index contributed by atoms with van der Waals surface area (Å²) in [6, 6.07) is 10.4. The number of alkyl halides is 2. The summed E-state index contributed by atoms with van der Waals surface area (Å²) in [4.78, 5) is 6.01. The number of para-hydroxylation sites is 1. The molecule has 0 saturated heterocycles. The molecule has 0 unspecified atom stereocenters. The van der Waals surface area contributed by atoms with Crippen LogP contribution < -0.4 is 10.2 Å². The molecular formula is C16H19F2N3. The first-order valence-electron chi connectivity index (χ1n) is 7.25. The lowest BCUT2D eigenvalue weighted by Crippen LogP contribution is -2.25. The van der Waals surface area contributed by atoms with Gasteiger partial charge in [-0.3, -0.25) is 0 Å². The first-order chi connectivity index (χ1) is 10.1. The maximum Gasteiger partial charge on any atom is 0.255 e. The molecule has 0 radical (unpaired) electrons. The monoisotopic (exact) mass is 291 g/mol. The third kappa shape index (κ3) is 3.47. The minimum Gasteiger partial charge on any atom is -0.354 e. The fourth-order valence-electron chi connectivity index (χ4n) is 2.42. The van der Waals surface area contributed by atoms with Crippen LogP contribution in [-0.4, -0.2) is 31.0 Å². The zero-order valence-electron chi connectivity index (χ0n) is 12.0. The molecule has 21 heavy (non-hydrogen) atoms. The molecule has 2 aromatic rings. The second-order valence-electron chi connectivity index (χ2n) is 5.58. The van der Waals surface area contributed by atoms with Gasteiger partial charge >= 0.3 is 0 Å². The highest BCUT2D eigenvalue weighted by atomic mass is 19.3. The molecule has 1 aromatic carbocycles. The molecule has 3 nitrogen and oxygen atoms in total. The summed E-state index contributed by atoms with van der Waals surface area (Å²) < 4.78 is 25.1. The zero-order valence-corrected chi connectivity index (χ0v) is 12.0. The van der Waals surface area contributed by atoms with Crippen LogP contribution in [0.1, 0.15) is 18.4 Å². The van der Waals surface area contributed by atoms with Gasteiger partial charge in [0.1, 0.15) is 5.82 Å². The van der Waals surface area contributed by atoms with Crippen LogP contribution in [0.3, 0.4) is 0 Å². The third-order valence-electron chi connectivity index (χ3n) is 3.75. The molecule has 1 saturated carbocycles. The zero-order chi connectivity index (χ0) is 14.8. The molecule has 0 bridgehead atoms. The second kappa shape index (κ2) is 5.93. The van der Waals surface area contributed by atoms with Crippen molar-refractivity contribution in [1.29, 1.82) is 0 Å². The van der Waals surface area contributed by atoms with Gasteiger partial charge in [0.05, 0.1) is 12.1 Å². The Morgan fingerprint density at radius 1 is 1.33 bits per heavy atom. The van der Waals surface area contributed by atoms with E-state index in [1.807, 2.05) is 30.3 Å². The molecule has 112 valence electrons. The summed E-state index contributed by atoms with van der Waals surface area (Å²) in [7, 11) is 1.65. The van der Waals surface area contributed by atoms with Crippen LogP contribution in [0, 0.1) is 0 Å². The van der Waals surface area contributed by atoms with E-state index in [-0.39, 0.29) is 6.54 Å². The number of nitrogens with zero attached hydrogens (tertiary/aromatic N) is 2. The fourth-order valence-corrected chi connectivity index (χ4v) is 2.42. The van der Waals surface area contributed by atoms with Crippen molar-refractivity contribution >= 4 is 16.7 Å². The topological polar surface area (TPSA) is 28.2 Å². The Labute approximate surface area is 123 Å². The van der Waals surface area contributed by atoms with Gasteiger partial charge in [0.15, 0.2) is 0 Å². The average Bonchev–Trinajstić information content (AvgIpc) is 3.28. The Morgan fingerprint density at radius 3 is 2.81 bits per heavy atom. The molecule has 0 spiro atoms. The largest absolute Gasteiger partial charge is 0.354 e. The van der Waals surface area contributed by atoms with E-state index in [2.05, 4.69) is 10.3 Å². The molecule has 1 fully saturated rings. The first-order valence-corrected chi connectivity index (χ1v) is 7.25. The predicted molar refractivity (Wildman–Crippen MR) is 80.9 cm³/mol. The third-order valence-corrected chi connectivity index (χ3v) is 3.75. The smallest absolute Gasteiger partial charge is 0.255 e. The maximum atomic E-state index is 12.6. The molecule has 1 aromatic heterocycles. The summed E-state index contributed by atoms with van der Waals surface area (Å²) >= 11 is 0. The van der Waals surface area contributed by atoms with E-state index in [1.165, 1.54) is 17.7 Å². The quantitative estimate of drug-likeness (QED) is 0.886. The van der Waals surface area contributed by atoms with Gasteiger partial charge < -0.3 is 10.2 Å². The number of halogens is 2. The summed E-state index contributed by atoms with van der Waals surface area (Å²) in [5, 5.41) is 4.56. The number of aromatic nitrogens is 1. The molecule has 0 aliphatic heterocycles. The van der Waals surface area contributed by atoms with Gasteiger partial charge in [-0.1, -0.05) is 18.2 Å². The lowest BCUT2D eigenvalue weighted by atomic mass is 10.1. The number of rotatable bonds is 6. The van der Waals surface area contributed by atoms with Crippen molar-refractivity contribution < 1.29 is 8.78 Å². The van der Waals surface area contributed by atoms with Gasteiger partial charge in [-0.2, -0.15) is 0 Å². The molecule has 1 aliphatic carbocycles. The number of hydrogen-bond acceptors (Lipinski definition) is 3. The van der Waals surface area contributed by atoms with Crippen molar-refractivity contribution in [3.63, 3.8) is 0 Å². The first kappa shape index (κ1) is 14.2. The van der Waals surface area contributed by atoms with Crippen molar-refractivity contribution in [2.75, 3.05) is 18.5 Å². The Balaban J connectivity index is 1.92. The molecule has 1 heterocycles. The molecule has 0 atom stereocenters. The van der Waals surface area contributed by atoms with Gasteiger partial charge in [-0.15, -0.1) is 0 Å². The van der Waals surface area contributed by atoms with Crippen molar-refractivity contribution in [2.45, 2.75) is 31.9 Å². The van der Waals surface area contributed by atoms with Crippen LogP contribution in [0.25, 0.3) is 10.9 Å². The Morgan fingerprint density at radius 2 is 2.10 bits per heavy atom. The lowest BCUT2D eigenvalue weighted by molar-refractivity contribution is 0.156. The fraction of sp³-hybridized carbons (Fsp3) is 0.438. The predicted octanol–water partition coefficient (Wildman–Crippen LogP) is 3.19.